The maximum Gasteiger partial charge on any atom is 0.261 e. The Morgan fingerprint density at radius 1 is 1.03 bits per heavy atom. The van der Waals surface area contributed by atoms with Gasteiger partial charge in [0.25, 0.3) is 5.91 Å². The van der Waals surface area contributed by atoms with E-state index in [1.807, 2.05) is 53.4 Å². The molecule has 0 spiro atoms. The number of nitrogens with zero attached hydrogens (tertiary/aromatic N) is 2. The van der Waals surface area contributed by atoms with Crippen molar-refractivity contribution in [2.24, 2.45) is 0 Å². The largest absolute Gasteiger partial charge is 0.484 e. The van der Waals surface area contributed by atoms with E-state index < -0.39 is 0 Å². The van der Waals surface area contributed by atoms with Gasteiger partial charge in [-0.2, -0.15) is 0 Å². The second-order valence-corrected chi connectivity index (χ2v) is 8.48. The molecular formula is C24H22N2O2S. The molecular weight excluding hydrogens is 380 g/mol. The minimum Gasteiger partial charge on any atom is -0.484 e. The minimum absolute atomic E-state index is 0.0297. The maximum atomic E-state index is 13.0. The van der Waals surface area contributed by atoms with Gasteiger partial charge in [-0.25, -0.2) is 4.98 Å². The number of piperidine rings is 1. The molecule has 4 aromatic rings. The smallest absolute Gasteiger partial charge is 0.261 e. The summed E-state index contributed by atoms with van der Waals surface area (Å²) in [6, 6.07) is 22.3. The number of rotatable bonds is 4. The summed E-state index contributed by atoms with van der Waals surface area (Å²) < 4.78 is 7.04. The SMILES string of the molecule is O=C(COc1ccc2ccccc2c1)N1CCCC[C@@H]1c1nc2ccccc2s1. The Labute approximate surface area is 173 Å². The number of fused-ring (bicyclic) bond motifs is 2. The zero-order chi connectivity index (χ0) is 19.6. The Kier molecular flexibility index (Phi) is 4.90. The lowest BCUT2D eigenvalue weighted by atomic mass is 10.0. The molecule has 146 valence electrons. The molecule has 5 rings (SSSR count). The quantitative estimate of drug-likeness (QED) is 0.447. The molecule has 0 N–H and O–H groups in total. The summed E-state index contributed by atoms with van der Waals surface area (Å²) >= 11 is 1.70. The number of likely N-dealkylation sites (tertiary alicyclic amines) is 1. The summed E-state index contributed by atoms with van der Waals surface area (Å²) in [5, 5.41) is 3.31. The Hall–Kier alpha value is -2.92. The van der Waals surface area contributed by atoms with Crippen molar-refractivity contribution in [2.75, 3.05) is 13.2 Å². The number of thiazole rings is 1. The number of benzene rings is 3. The van der Waals surface area contributed by atoms with Crippen LogP contribution < -0.4 is 4.74 Å². The van der Waals surface area contributed by atoms with Gasteiger partial charge in [0.2, 0.25) is 0 Å². The van der Waals surface area contributed by atoms with E-state index in [-0.39, 0.29) is 18.6 Å². The number of carbonyl (C=O) groups is 1. The van der Waals surface area contributed by atoms with Crippen LogP contribution in [-0.4, -0.2) is 28.9 Å². The van der Waals surface area contributed by atoms with Crippen LogP contribution in [0.4, 0.5) is 0 Å². The van der Waals surface area contributed by atoms with Crippen LogP contribution in [-0.2, 0) is 4.79 Å². The van der Waals surface area contributed by atoms with Gasteiger partial charge < -0.3 is 9.64 Å². The van der Waals surface area contributed by atoms with Crippen LogP contribution in [0.2, 0.25) is 0 Å². The van der Waals surface area contributed by atoms with E-state index in [0.717, 1.165) is 52.9 Å². The van der Waals surface area contributed by atoms with Crippen molar-refractivity contribution in [3.05, 3.63) is 71.7 Å². The van der Waals surface area contributed by atoms with Gasteiger partial charge in [0.1, 0.15) is 10.8 Å². The molecule has 0 saturated carbocycles. The first-order valence-corrected chi connectivity index (χ1v) is 10.9. The second kappa shape index (κ2) is 7.84. The first-order chi connectivity index (χ1) is 14.3. The van der Waals surface area contributed by atoms with Crippen molar-refractivity contribution in [2.45, 2.75) is 25.3 Å². The summed E-state index contributed by atoms with van der Waals surface area (Å²) in [6.07, 6.45) is 3.11. The molecule has 4 nitrogen and oxygen atoms in total. The number of ether oxygens (including phenoxy) is 1. The molecule has 0 aliphatic carbocycles. The number of amides is 1. The molecule has 1 atom stereocenters. The van der Waals surface area contributed by atoms with Crippen molar-refractivity contribution in [1.82, 2.24) is 9.88 Å². The predicted octanol–water partition coefficient (Wildman–Crippen LogP) is 5.58. The number of hydrogen-bond acceptors (Lipinski definition) is 4. The Morgan fingerprint density at radius 2 is 1.86 bits per heavy atom. The van der Waals surface area contributed by atoms with E-state index in [4.69, 9.17) is 9.72 Å². The van der Waals surface area contributed by atoms with Gasteiger partial charge in [-0.15, -0.1) is 11.3 Å². The highest BCUT2D eigenvalue weighted by molar-refractivity contribution is 7.18. The second-order valence-electron chi connectivity index (χ2n) is 7.42. The molecule has 0 bridgehead atoms. The third-order valence-electron chi connectivity index (χ3n) is 5.50. The van der Waals surface area contributed by atoms with Gasteiger partial charge in [-0.1, -0.05) is 42.5 Å². The van der Waals surface area contributed by atoms with E-state index in [2.05, 4.69) is 18.2 Å². The van der Waals surface area contributed by atoms with Crippen molar-refractivity contribution in [3.8, 4) is 5.75 Å². The molecule has 1 aliphatic rings. The topological polar surface area (TPSA) is 42.4 Å². The molecule has 5 heteroatoms. The zero-order valence-electron chi connectivity index (χ0n) is 16.1. The van der Waals surface area contributed by atoms with Crippen LogP contribution in [0.3, 0.4) is 0 Å². The molecule has 1 saturated heterocycles. The lowest BCUT2D eigenvalue weighted by Gasteiger charge is -2.34. The van der Waals surface area contributed by atoms with Gasteiger partial charge in [-0.3, -0.25) is 4.79 Å². The number of carbonyl (C=O) groups excluding carboxylic acids is 1. The van der Waals surface area contributed by atoms with E-state index in [1.54, 1.807) is 11.3 Å². The predicted molar refractivity (Wildman–Crippen MR) is 117 cm³/mol. The highest BCUT2D eigenvalue weighted by atomic mass is 32.1. The number of aromatic nitrogens is 1. The highest BCUT2D eigenvalue weighted by Gasteiger charge is 2.30. The van der Waals surface area contributed by atoms with Crippen LogP contribution in [0.5, 0.6) is 5.75 Å². The zero-order valence-corrected chi connectivity index (χ0v) is 16.9. The normalized spacial score (nSPS) is 17.0. The summed E-state index contributed by atoms with van der Waals surface area (Å²) in [6.45, 7) is 0.820. The molecule has 1 amide bonds. The Balaban J connectivity index is 1.32. The fourth-order valence-corrected chi connectivity index (χ4v) is 5.12. The van der Waals surface area contributed by atoms with Crippen LogP contribution in [0.1, 0.15) is 30.3 Å². The van der Waals surface area contributed by atoms with E-state index in [0.29, 0.717) is 0 Å². The van der Waals surface area contributed by atoms with E-state index >= 15 is 0 Å². The van der Waals surface area contributed by atoms with Gasteiger partial charge >= 0.3 is 0 Å². The first kappa shape index (κ1) is 18.1. The Bertz CT molecular complexity index is 1140. The summed E-state index contributed by atoms with van der Waals surface area (Å²) in [4.78, 5) is 19.8. The van der Waals surface area contributed by atoms with E-state index in [1.165, 1.54) is 4.70 Å². The molecule has 29 heavy (non-hydrogen) atoms. The molecule has 1 fully saturated rings. The van der Waals surface area contributed by atoms with Crippen molar-refractivity contribution in [1.29, 1.82) is 0 Å². The summed E-state index contributed by atoms with van der Waals surface area (Å²) in [5.41, 5.74) is 1.01. The summed E-state index contributed by atoms with van der Waals surface area (Å²) in [7, 11) is 0. The molecule has 2 heterocycles. The molecule has 0 unspecified atom stereocenters. The highest BCUT2D eigenvalue weighted by Crippen LogP contribution is 2.35. The van der Waals surface area contributed by atoms with E-state index in [9.17, 15) is 4.79 Å². The van der Waals surface area contributed by atoms with Crippen LogP contribution in [0, 0.1) is 0 Å². The summed E-state index contributed by atoms with van der Waals surface area (Å²) in [5.74, 6) is 0.757. The standard InChI is InChI=1S/C24H22N2O2S/c27-23(16-28-19-13-12-17-7-1-2-8-18(17)15-19)26-14-6-5-10-21(26)24-25-20-9-3-4-11-22(20)29-24/h1-4,7-9,11-13,15,21H,5-6,10,14,16H2/t21-/m1/s1. The Morgan fingerprint density at radius 3 is 2.76 bits per heavy atom. The van der Waals surface area contributed by atoms with Crippen molar-refractivity contribution < 1.29 is 9.53 Å². The first-order valence-electron chi connectivity index (χ1n) is 10.0. The average molecular weight is 403 g/mol. The van der Waals surface area contributed by atoms with Crippen molar-refractivity contribution in [3.63, 3.8) is 0 Å². The fraction of sp³-hybridized carbons (Fsp3) is 0.250. The monoisotopic (exact) mass is 402 g/mol. The van der Waals surface area contributed by atoms with Gasteiger partial charge in [0.15, 0.2) is 6.61 Å². The number of hydrogen-bond donors (Lipinski definition) is 0. The lowest BCUT2D eigenvalue weighted by molar-refractivity contribution is -0.137. The maximum absolute atomic E-state index is 13.0. The number of para-hydroxylation sites is 1. The van der Waals surface area contributed by atoms with Gasteiger partial charge in [0.05, 0.1) is 16.3 Å². The molecule has 3 aromatic carbocycles. The minimum atomic E-state index is 0.0297. The van der Waals surface area contributed by atoms with Gasteiger partial charge in [0, 0.05) is 6.54 Å². The fourth-order valence-electron chi connectivity index (χ4n) is 4.00. The van der Waals surface area contributed by atoms with Crippen LogP contribution in [0.25, 0.3) is 21.0 Å². The molecule has 0 radical (unpaired) electrons. The van der Waals surface area contributed by atoms with Crippen LogP contribution in [0.15, 0.2) is 66.7 Å². The third-order valence-corrected chi connectivity index (χ3v) is 6.64. The third kappa shape index (κ3) is 3.70. The average Bonchev–Trinajstić information content (AvgIpc) is 3.21. The lowest BCUT2D eigenvalue weighted by Crippen LogP contribution is -2.41. The molecule has 1 aromatic heterocycles. The van der Waals surface area contributed by atoms with Crippen molar-refractivity contribution >= 4 is 38.2 Å². The van der Waals surface area contributed by atoms with Gasteiger partial charge in [-0.05, 0) is 54.3 Å². The van der Waals surface area contributed by atoms with Crippen LogP contribution >= 0.6 is 11.3 Å². The molecule has 1 aliphatic heterocycles.